The van der Waals surface area contributed by atoms with Gasteiger partial charge in [-0.25, -0.2) is 9.18 Å². The number of amides is 1. The Bertz CT molecular complexity index is 887. The van der Waals surface area contributed by atoms with E-state index in [-0.39, 0.29) is 5.82 Å². The van der Waals surface area contributed by atoms with Crippen molar-refractivity contribution in [2.45, 2.75) is 31.4 Å². The van der Waals surface area contributed by atoms with Crippen molar-refractivity contribution >= 4 is 17.5 Å². The molecule has 1 N–H and O–H groups in total. The van der Waals surface area contributed by atoms with Crippen molar-refractivity contribution in [1.29, 1.82) is 0 Å². The first-order chi connectivity index (χ1) is 13.6. The molecule has 0 unspecified atom stereocenters. The van der Waals surface area contributed by atoms with Crippen molar-refractivity contribution in [3.63, 3.8) is 0 Å². The number of anilines is 2. The van der Waals surface area contributed by atoms with Crippen LogP contribution in [0.3, 0.4) is 0 Å². The predicted octanol–water partition coefficient (Wildman–Crippen LogP) is 4.09. The molecule has 5 nitrogen and oxygen atoms in total. The third-order valence-electron chi connectivity index (χ3n) is 6.22. The Balaban J connectivity index is 1.31. The van der Waals surface area contributed by atoms with Gasteiger partial charge in [-0.2, -0.15) is 0 Å². The lowest BCUT2D eigenvalue weighted by atomic mass is 9.82. The number of nitrogens with zero attached hydrogens (tertiary/aromatic N) is 2. The van der Waals surface area contributed by atoms with Gasteiger partial charge in [0.1, 0.15) is 11.4 Å². The molecule has 5 rings (SSSR count). The number of hydrogen-bond acceptors (Lipinski definition) is 4. The minimum Gasteiger partial charge on any atom is -0.438 e. The maximum atomic E-state index is 13.8. The van der Waals surface area contributed by atoms with Crippen LogP contribution in [-0.2, 0) is 16.9 Å². The summed E-state index contributed by atoms with van der Waals surface area (Å²) in [6.07, 6.45) is 2.14. The maximum Gasteiger partial charge on any atom is 0.412 e. The molecule has 3 aliphatic heterocycles. The van der Waals surface area contributed by atoms with E-state index in [2.05, 4.69) is 39.4 Å². The SMILES string of the molecule is O=C1Nc2ccc(F)cc2C2(CCN(c3ccc(CN4CCC4)cc3)CC2)O1. The fourth-order valence-corrected chi connectivity index (χ4v) is 4.48. The van der Waals surface area contributed by atoms with Gasteiger partial charge in [0, 0.05) is 43.7 Å². The molecule has 1 amide bonds. The lowest BCUT2D eigenvalue weighted by molar-refractivity contribution is -0.00825. The van der Waals surface area contributed by atoms with Crippen LogP contribution in [0, 0.1) is 5.82 Å². The minimum atomic E-state index is -0.742. The summed E-state index contributed by atoms with van der Waals surface area (Å²) in [5.41, 5.74) is 3.18. The van der Waals surface area contributed by atoms with Gasteiger partial charge in [-0.15, -0.1) is 0 Å². The van der Waals surface area contributed by atoms with Gasteiger partial charge >= 0.3 is 6.09 Å². The molecular formula is C22H24FN3O2. The standard InChI is InChI=1S/C22H24FN3O2/c23-17-4-7-20-19(14-17)22(28-21(27)24-20)8-12-26(13-9-22)18-5-2-16(3-6-18)15-25-10-1-11-25/h2-7,14H,1,8-13,15H2,(H,24,27). The zero-order valence-electron chi connectivity index (χ0n) is 15.8. The molecular weight excluding hydrogens is 357 g/mol. The topological polar surface area (TPSA) is 44.8 Å². The van der Waals surface area contributed by atoms with Crippen molar-refractivity contribution in [3.8, 4) is 0 Å². The van der Waals surface area contributed by atoms with Crippen molar-refractivity contribution < 1.29 is 13.9 Å². The molecule has 3 aliphatic rings. The smallest absolute Gasteiger partial charge is 0.412 e. The van der Waals surface area contributed by atoms with Crippen LogP contribution in [0.5, 0.6) is 0 Å². The molecule has 0 radical (unpaired) electrons. The van der Waals surface area contributed by atoms with Crippen LogP contribution in [0.2, 0.25) is 0 Å². The van der Waals surface area contributed by atoms with Crippen LogP contribution < -0.4 is 10.2 Å². The van der Waals surface area contributed by atoms with E-state index in [1.165, 1.54) is 42.9 Å². The van der Waals surface area contributed by atoms with Crippen LogP contribution in [0.15, 0.2) is 42.5 Å². The zero-order chi connectivity index (χ0) is 19.1. The van der Waals surface area contributed by atoms with E-state index in [1.807, 2.05) is 0 Å². The molecule has 0 aliphatic carbocycles. The molecule has 0 atom stereocenters. The third-order valence-corrected chi connectivity index (χ3v) is 6.22. The lowest BCUT2D eigenvalue weighted by Gasteiger charge is -2.44. The Morgan fingerprint density at radius 2 is 1.79 bits per heavy atom. The van der Waals surface area contributed by atoms with Crippen LogP contribution in [-0.4, -0.2) is 37.2 Å². The molecule has 146 valence electrons. The first-order valence-electron chi connectivity index (χ1n) is 9.98. The van der Waals surface area contributed by atoms with Gasteiger partial charge in [0.15, 0.2) is 0 Å². The molecule has 2 saturated heterocycles. The Morgan fingerprint density at radius 3 is 2.46 bits per heavy atom. The minimum absolute atomic E-state index is 0.307. The van der Waals surface area contributed by atoms with Gasteiger partial charge in [0.25, 0.3) is 0 Å². The van der Waals surface area contributed by atoms with Gasteiger partial charge in [-0.05, 0) is 55.4 Å². The monoisotopic (exact) mass is 381 g/mol. The summed E-state index contributed by atoms with van der Waals surface area (Å²) in [7, 11) is 0. The van der Waals surface area contributed by atoms with Gasteiger partial charge in [-0.3, -0.25) is 10.2 Å². The van der Waals surface area contributed by atoms with Crippen molar-refractivity contribution in [2.75, 3.05) is 36.4 Å². The summed E-state index contributed by atoms with van der Waals surface area (Å²) in [6.45, 7) is 4.94. The van der Waals surface area contributed by atoms with E-state index in [1.54, 1.807) is 6.07 Å². The Morgan fingerprint density at radius 1 is 1.04 bits per heavy atom. The number of piperidine rings is 1. The molecule has 2 fully saturated rings. The van der Waals surface area contributed by atoms with E-state index >= 15 is 0 Å². The van der Waals surface area contributed by atoms with Crippen molar-refractivity contribution in [3.05, 3.63) is 59.4 Å². The molecule has 28 heavy (non-hydrogen) atoms. The summed E-state index contributed by atoms with van der Waals surface area (Å²) >= 11 is 0. The van der Waals surface area contributed by atoms with Crippen LogP contribution in [0.4, 0.5) is 20.6 Å². The first kappa shape index (κ1) is 17.5. The highest BCUT2D eigenvalue weighted by atomic mass is 19.1. The highest BCUT2D eigenvalue weighted by Gasteiger charge is 2.44. The summed E-state index contributed by atoms with van der Waals surface area (Å²) in [5.74, 6) is -0.307. The first-order valence-corrected chi connectivity index (χ1v) is 9.98. The second-order valence-electron chi connectivity index (χ2n) is 7.98. The lowest BCUT2D eigenvalue weighted by Crippen LogP contribution is -2.48. The van der Waals surface area contributed by atoms with Crippen LogP contribution >= 0.6 is 0 Å². The molecule has 0 bridgehead atoms. The van der Waals surface area contributed by atoms with E-state index in [0.717, 1.165) is 25.2 Å². The summed E-state index contributed by atoms with van der Waals surface area (Å²) in [5, 5.41) is 2.69. The summed E-state index contributed by atoms with van der Waals surface area (Å²) < 4.78 is 19.6. The van der Waals surface area contributed by atoms with E-state index in [4.69, 9.17) is 4.74 Å². The highest BCUT2D eigenvalue weighted by molar-refractivity contribution is 5.88. The number of ether oxygens (including phenoxy) is 1. The number of carbonyl (C=O) groups is 1. The Hall–Kier alpha value is -2.60. The number of halogens is 1. The molecule has 1 spiro atoms. The number of carbonyl (C=O) groups excluding carboxylic acids is 1. The third kappa shape index (κ3) is 3.11. The summed E-state index contributed by atoms with van der Waals surface area (Å²) in [6, 6.07) is 13.2. The molecule has 0 saturated carbocycles. The fraction of sp³-hybridized carbons (Fsp3) is 0.409. The van der Waals surface area contributed by atoms with Gasteiger partial charge < -0.3 is 9.64 Å². The van der Waals surface area contributed by atoms with E-state index < -0.39 is 11.7 Å². The molecule has 0 aromatic heterocycles. The highest BCUT2D eigenvalue weighted by Crippen LogP contribution is 2.44. The number of fused-ring (bicyclic) bond motifs is 2. The molecule has 6 heteroatoms. The largest absolute Gasteiger partial charge is 0.438 e. The number of benzene rings is 2. The average Bonchev–Trinajstić information content (AvgIpc) is 2.67. The van der Waals surface area contributed by atoms with Gasteiger partial charge in [0.2, 0.25) is 0 Å². The van der Waals surface area contributed by atoms with Crippen molar-refractivity contribution in [1.82, 2.24) is 4.90 Å². The molecule has 2 aromatic rings. The Labute approximate surface area is 164 Å². The second-order valence-corrected chi connectivity index (χ2v) is 7.98. The second kappa shape index (κ2) is 6.78. The number of hydrogen-bond donors (Lipinski definition) is 1. The van der Waals surface area contributed by atoms with Gasteiger partial charge in [-0.1, -0.05) is 12.1 Å². The molecule has 2 aromatic carbocycles. The number of rotatable bonds is 3. The number of nitrogens with one attached hydrogen (secondary N) is 1. The van der Waals surface area contributed by atoms with Crippen molar-refractivity contribution in [2.24, 2.45) is 0 Å². The fourth-order valence-electron chi connectivity index (χ4n) is 4.48. The van der Waals surface area contributed by atoms with E-state index in [9.17, 15) is 9.18 Å². The molecule has 3 heterocycles. The predicted molar refractivity (Wildman–Crippen MR) is 106 cm³/mol. The van der Waals surface area contributed by atoms with Gasteiger partial charge in [0.05, 0.1) is 5.69 Å². The van der Waals surface area contributed by atoms with Crippen LogP contribution in [0.25, 0.3) is 0 Å². The summed E-state index contributed by atoms with van der Waals surface area (Å²) in [4.78, 5) is 16.8. The number of likely N-dealkylation sites (tertiary alicyclic amines) is 1. The zero-order valence-corrected chi connectivity index (χ0v) is 15.8. The van der Waals surface area contributed by atoms with Crippen LogP contribution in [0.1, 0.15) is 30.4 Å². The average molecular weight is 381 g/mol. The maximum absolute atomic E-state index is 13.8. The van der Waals surface area contributed by atoms with E-state index in [0.29, 0.717) is 18.5 Å². The quantitative estimate of drug-likeness (QED) is 0.870. The Kier molecular flexibility index (Phi) is 4.23. The normalized spacial score (nSPS) is 20.9.